The molecule has 0 bridgehead atoms. The summed E-state index contributed by atoms with van der Waals surface area (Å²) in [7, 11) is 0. The van der Waals surface area contributed by atoms with Gasteiger partial charge in [-0.1, -0.05) is 65.2 Å². The Balaban J connectivity index is 1.80. The highest BCUT2D eigenvalue weighted by molar-refractivity contribution is 5.06. The lowest BCUT2D eigenvalue weighted by Crippen LogP contribution is -2.36. The zero-order valence-electron chi connectivity index (χ0n) is 15.1. The molecular weight excluding hydrogens is 266 g/mol. The SMILES string of the molecule is CCCCCC1CCC([C@]2(C#N)CC[C@@H](CCC)CC2)CC1. The van der Waals surface area contributed by atoms with Gasteiger partial charge >= 0.3 is 0 Å². The third-order valence-electron chi connectivity index (χ3n) is 6.76. The van der Waals surface area contributed by atoms with Crippen LogP contribution in [-0.4, -0.2) is 0 Å². The highest BCUT2D eigenvalue weighted by Crippen LogP contribution is 2.50. The van der Waals surface area contributed by atoms with Crippen molar-refractivity contribution < 1.29 is 0 Å². The molecule has 0 heterocycles. The van der Waals surface area contributed by atoms with Crippen molar-refractivity contribution in [3.05, 3.63) is 0 Å². The molecule has 0 aromatic rings. The minimum Gasteiger partial charge on any atom is -0.198 e. The van der Waals surface area contributed by atoms with E-state index in [0.29, 0.717) is 5.92 Å². The van der Waals surface area contributed by atoms with Crippen molar-refractivity contribution in [2.24, 2.45) is 23.2 Å². The zero-order valence-corrected chi connectivity index (χ0v) is 15.1. The Morgan fingerprint density at radius 3 is 2.00 bits per heavy atom. The summed E-state index contributed by atoms with van der Waals surface area (Å²) in [6.45, 7) is 4.59. The van der Waals surface area contributed by atoms with Gasteiger partial charge < -0.3 is 0 Å². The number of hydrogen-bond donors (Lipinski definition) is 0. The standard InChI is InChI=1S/C21H37N/c1-3-5-6-8-19-9-11-20(12-10-19)21(17-22)15-13-18(7-4-2)14-16-21/h18-20H,3-16H2,1-2H3/t18-,19?,20?,21-. The van der Waals surface area contributed by atoms with Gasteiger partial charge in [0.1, 0.15) is 0 Å². The molecule has 2 fully saturated rings. The third-order valence-corrected chi connectivity index (χ3v) is 6.76. The van der Waals surface area contributed by atoms with E-state index in [1.165, 1.54) is 89.9 Å². The summed E-state index contributed by atoms with van der Waals surface area (Å²) in [4.78, 5) is 0. The molecule has 2 saturated carbocycles. The van der Waals surface area contributed by atoms with Gasteiger partial charge in [-0.05, 0) is 56.3 Å². The molecule has 2 aliphatic rings. The summed E-state index contributed by atoms with van der Waals surface area (Å²) in [5.41, 5.74) is 0.0542. The van der Waals surface area contributed by atoms with Crippen LogP contribution in [0.5, 0.6) is 0 Å². The fourth-order valence-electron chi connectivity index (χ4n) is 5.19. The van der Waals surface area contributed by atoms with Crippen LogP contribution in [-0.2, 0) is 0 Å². The lowest BCUT2D eigenvalue weighted by atomic mass is 9.59. The molecule has 0 unspecified atom stereocenters. The first-order valence-corrected chi connectivity index (χ1v) is 10.1. The van der Waals surface area contributed by atoms with Crippen molar-refractivity contribution in [3.63, 3.8) is 0 Å². The first kappa shape index (κ1) is 17.8. The first-order chi connectivity index (χ1) is 10.7. The normalized spacial score (nSPS) is 36.0. The molecule has 1 heteroatoms. The molecule has 0 aromatic carbocycles. The van der Waals surface area contributed by atoms with Crippen LogP contribution in [0.25, 0.3) is 0 Å². The van der Waals surface area contributed by atoms with Crippen molar-refractivity contribution in [2.45, 2.75) is 104 Å². The fraction of sp³-hybridized carbons (Fsp3) is 0.952. The molecule has 2 rings (SSSR count). The van der Waals surface area contributed by atoms with Crippen LogP contribution in [0.1, 0.15) is 104 Å². The lowest BCUT2D eigenvalue weighted by Gasteiger charge is -2.43. The zero-order chi connectivity index (χ0) is 15.8. The maximum Gasteiger partial charge on any atom is 0.0692 e. The van der Waals surface area contributed by atoms with Crippen molar-refractivity contribution in [3.8, 4) is 6.07 Å². The van der Waals surface area contributed by atoms with E-state index < -0.39 is 0 Å². The van der Waals surface area contributed by atoms with Crippen molar-refractivity contribution in [2.75, 3.05) is 0 Å². The van der Waals surface area contributed by atoms with E-state index in [-0.39, 0.29) is 5.41 Å². The smallest absolute Gasteiger partial charge is 0.0692 e. The topological polar surface area (TPSA) is 23.8 Å². The van der Waals surface area contributed by atoms with Gasteiger partial charge in [0.15, 0.2) is 0 Å². The first-order valence-electron chi connectivity index (χ1n) is 10.1. The summed E-state index contributed by atoms with van der Waals surface area (Å²) >= 11 is 0. The Hall–Kier alpha value is -0.510. The van der Waals surface area contributed by atoms with Crippen LogP contribution in [0.15, 0.2) is 0 Å². The van der Waals surface area contributed by atoms with Crippen LogP contribution in [0, 0.1) is 34.5 Å². The number of hydrogen-bond acceptors (Lipinski definition) is 1. The van der Waals surface area contributed by atoms with E-state index in [1.807, 2.05) is 0 Å². The second-order valence-electron chi connectivity index (χ2n) is 8.21. The van der Waals surface area contributed by atoms with Gasteiger partial charge in [-0.15, -0.1) is 0 Å². The van der Waals surface area contributed by atoms with Gasteiger partial charge in [0.2, 0.25) is 0 Å². The largest absolute Gasteiger partial charge is 0.198 e. The summed E-state index contributed by atoms with van der Waals surface area (Å²) in [6.07, 6.45) is 18.8. The van der Waals surface area contributed by atoms with E-state index in [4.69, 9.17) is 0 Å². The molecular formula is C21H37N. The van der Waals surface area contributed by atoms with Crippen LogP contribution < -0.4 is 0 Å². The molecule has 126 valence electrons. The van der Waals surface area contributed by atoms with E-state index in [9.17, 15) is 5.26 Å². The molecule has 0 radical (unpaired) electrons. The summed E-state index contributed by atoms with van der Waals surface area (Å²) < 4.78 is 0. The molecule has 0 atom stereocenters. The molecule has 0 spiro atoms. The van der Waals surface area contributed by atoms with Gasteiger partial charge in [-0.2, -0.15) is 5.26 Å². The monoisotopic (exact) mass is 303 g/mol. The molecule has 2 aliphatic carbocycles. The van der Waals surface area contributed by atoms with Crippen LogP contribution in [0.4, 0.5) is 0 Å². The van der Waals surface area contributed by atoms with Gasteiger partial charge in [-0.3, -0.25) is 0 Å². The Bertz CT molecular complexity index is 337. The highest BCUT2D eigenvalue weighted by Gasteiger charge is 2.43. The van der Waals surface area contributed by atoms with Gasteiger partial charge in [0.05, 0.1) is 11.5 Å². The maximum atomic E-state index is 9.90. The van der Waals surface area contributed by atoms with E-state index >= 15 is 0 Å². The number of nitrogens with zero attached hydrogens (tertiary/aromatic N) is 1. The minimum absolute atomic E-state index is 0.0542. The lowest BCUT2D eigenvalue weighted by molar-refractivity contribution is 0.0846. The van der Waals surface area contributed by atoms with Crippen LogP contribution >= 0.6 is 0 Å². The Morgan fingerprint density at radius 1 is 0.818 bits per heavy atom. The fourth-order valence-corrected chi connectivity index (χ4v) is 5.19. The molecule has 1 nitrogen and oxygen atoms in total. The number of rotatable bonds is 7. The van der Waals surface area contributed by atoms with Gasteiger partial charge in [0.25, 0.3) is 0 Å². The van der Waals surface area contributed by atoms with E-state index in [1.54, 1.807) is 0 Å². The molecule has 0 N–H and O–H groups in total. The molecule has 0 aliphatic heterocycles. The second kappa shape index (κ2) is 8.95. The third kappa shape index (κ3) is 4.50. The predicted octanol–water partition coefficient (Wildman–Crippen LogP) is 6.87. The average Bonchev–Trinajstić information content (AvgIpc) is 2.57. The Kier molecular flexibility index (Phi) is 7.26. The Morgan fingerprint density at radius 2 is 1.45 bits per heavy atom. The van der Waals surface area contributed by atoms with Crippen molar-refractivity contribution >= 4 is 0 Å². The minimum atomic E-state index is 0.0542. The van der Waals surface area contributed by atoms with Gasteiger partial charge in [0, 0.05) is 0 Å². The van der Waals surface area contributed by atoms with E-state index in [0.717, 1.165) is 11.8 Å². The van der Waals surface area contributed by atoms with E-state index in [2.05, 4.69) is 19.9 Å². The van der Waals surface area contributed by atoms with Crippen LogP contribution in [0.3, 0.4) is 0 Å². The predicted molar refractivity (Wildman–Crippen MR) is 94.5 cm³/mol. The molecule has 22 heavy (non-hydrogen) atoms. The average molecular weight is 304 g/mol. The summed E-state index contributed by atoms with van der Waals surface area (Å²) in [5.74, 6) is 2.59. The molecule has 0 amide bonds. The second-order valence-corrected chi connectivity index (χ2v) is 8.21. The van der Waals surface area contributed by atoms with Crippen LogP contribution in [0.2, 0.25) is 0 Å². The summed E-state index contributed by atoms with van der Waals surface area (Å²) in [5, 5.41) is 9.90. The Labute approximate surface area is 138 Å². The number of unbranched alkanes of at least 4 members (excludes halogenated alkanes) is 2. The number of nitriles is 1. The quantitative estimate of drug-likeness (QED) is 0.470. The van der Waals surface area contributed by atoms with Crippen molar-refractivity contribution in [1.29, 1.82) is 5.26 Å². The summed E-state index contributed by atoms with van der Waals surface area (Å²) in [6, 6.07) is 2.82. The maximum absolute atomic E-state index is 9.90. The molecule has 0 aromatic heterocycles. The van der Waals surface area contributed by atoms with Gasteiger partial charge in [-0.25, -0.2) is 0 Å². The molecule has 0 saturated heterocycles. The van der Waals surface area contributed by atoms with Crippen molar-refractivity contribution in [1.82, 2.24) is 0 Å². The highest BCUT2D eigenvalue weighted by atomic mass is 14.5.